The van der Waals surface area contributed by atoms with E-state index in [1.165, 1.54) is 0 Å². The number of nitrogen functional groups attached to an aromatic ring is 1. The van der Waals surface area contributed by atoms with E-state index in [1.807, 2.05) is 50.2 Å². The maximum absolute atomic E-state index is 12.1. The largest absolute Gasteiger partial charge is 0.383 e. The van der Waals surface area contributed by atoms with Crippen LogP contribution in [0.1, 0.15) is 25.2 Å². The number of carbonyl (C=O) groups is 1. The molecule has 0 saturated carbocycles. The first-order chi connectivity index (χ1) is 17.4. The van der Waals surface area contributed by atoms with Gasteiger partial charge in [0.25, 0.3) is 0 Å². The van der Waals surface area contributed by atoms with Crippen LogP contribution in [-0.2, 0) is 4.79 Å². The molecule has 4 aromatic heterocycles. The van der Waals surface area contributed by atoms with Crippen molar-refractivity contribution in [2.75, 3.05) is 11.1 Å². The number of hydrogen-bond donors (Lipinski definition) is 4. The highest BCUT2D eigenvalue weighted by Crippen LogP contribution is 2.29. The summed E-state index contributed by atoms with van der Waals surface area (Å²) < 4.78 is 0. The van der Waals surface area contributed by atoms with E-state index in [2.05, 4.69) is 25.3 Å². The van der Waals surface area contributed by atoms with Gasteiger partial charge in [-0.2, -0.15) is 0 Å². The number of aromatic amines is 1. The Balaban J connectivity index is 1.50. The van der Waals surface area contributed by atoms with Crippen molar-refractivity contribution in [2.45, 2.75) is 13.8 Å². The van der Waals surface area contributed by atoms with Crippen molar-refractivity contribution < 1.29 is 4.79 Å². The summed E-state index contributed by atoms with van der Waals surface area (Å²) in [5, 5.41) is 11.7. The van der Waals surface area contributed by atoms with Crippen LogP contribution in [-0.4, -0.2) is 36.5 Å². The van der Waals surface area contributed by atoms with Crippen LogP contribution in [0.5, 0.6) is 0 Å². The van der Waals surface area contributed by atoms with Gasteiger partial charge in [0.05, 0.1) is 22.9 Å². The van der Waals surface area contributed by atoms with Crippen molar-refractivity contribution in [3.8, 4) is 22.3 Å². The third kappa shape index (κ3) is 4.41. The smallest absolute Gasteiger partial charge is 0.226 e. The van der Waals surface area contributed by atoms with Gasteiger partial charge in [-0.25, -0.2) is 9.97 Å². The van der Waals surface area contributed by atoms with E-state index < -0.39 is 0 Å². The standard InChI is InChI=1S/C27H24N8O/c1-15(2)27(36)33-19-9-17(12-31-14-19)18-10-21(25(29)32-13-18)23(28)26-34-22-7-3-6-20(24(22)35-26)16-5-4-8-30-11-16/h3-15,28H,1-2H3,(H2,29,32)(H,33,36)(H,34,35). The minimum absolute atomic E-state index is 0.0950. The number of amides is 1. The van der Waals surface area contributed by atoms with Gasteiger partial charge >= 0.3 is 0 Å². The SMILES string of the molecule is CC(C)C(=O)Nc1cncc(-c2cnc(N)c(C(=N)c3nc4c(-c5cccnc5)cccc4[nH]3)c2)c1. The second kappa shape index (κ2) is 9.38. The van der Waals surface area contributed by atoms with E-state index >= 15 is 0 Å². The zero-order valence-corrected chi connectivity index (χ0v) is 19.8. The van der Waals surface area contributed by atoms with E-state index in [1.54, 1.807) is 37.1 Å². The van der Waals surface area contributed by atoms with Gasteiger partial charge in [0.15, 0.2) is 5.82 Å². The molecule has 1 amide bonds. The minimum Gasteiger partial charge on any atom is -0.383 e. The number of carbonyl (C=O) groups excluding carboxylic acids is 1. The van der Waals surface area contributed by atoms with Gasteiger partial charge in [-0.05, 0) is 24.3 Å². The number of nitrogens with two attached hydrogens (primary N) is 1. The first kappa shape index (κ1) is 22.9. The Hall–Kier alpha value is -4.92. The molecule has 4 heterocycles. The highest BCUT2D eigenvalue weighted by atomic mass is 16.1. The molecule has 1 aromatic carbocycles. The van der Waals surface area contributed by atoms with Crippen LogP contribution in [0.3, 0.4) is 0 Å². The Morgan fingerprint density at radius 3 is 2.58 bits per heavy atom. The lowest BCUT2D eigenvalue weighted by Gasteiger charge is -2.10. The van der Waals surface area contributed by atoms with Crippen molar-refractivity contribution >= 4 is 34.2 Å². The first-order valence-corrected chi connectivity index (χ1v) is 11.4. The van der Waals surface area contributed by atoms with Crippen LogP contribution >= 0.6 is 0 Å². The molecule has 0 spiro atoms. The zero-order chi connectivity index (χ0) is 25.2. The third-order valence-corrected chi connectivity index (χ3v) is 5.77. The molecule has 5 N–H and O–H groups in total. The number of fused-ring (bicyclic) bond motifs is 1. The highest BCUT2D eigenvalue weighted by molar-refractivity contribution is 6.13. The molecule has 0 bridgehead atoms. The number of para-hydroxylation sites is 1. The van der Waals surface area contributed by atoms with Crippen LogP contribution in [0.25, 0.3) is 33.3 Å². The number of imidazole rings is 1. The number of pyridine rings is 3. The van der Waals surface area contributed by atoms with Crippen LogP contribution in [0, 0.1) is 11.3 Å². The summed E-state index contributed by atoms with van der Waals surface area (Å²) in [6.07, 6.45) is 8.39. The van der Waals surface area contributed by atoms with Crippen LogP contribution < -0.4 is 11.1 Å². The fourth-order valence-corrected chi connectivity index (χ4v) is 3.82. The van der Waals surface area contributed by atoms with E-state index in [0.717, 1.165) is 27.7 Å². The predicted molar refractivity (Wildman–Crippen MR) is 141 cm³/mol. The molecule has 0 atom stereocenters. The lowest BCUT2D eigenvalue weighted by Crippen LogP contribution is -2.17. The number of nitrogens with one attached hydrogen (secondary N) is 3. The summed E-state index contributed by atoms with van der Waals surface area (Å²) >= 11 is 0. The van der Waals surface area contributed by atoms with Gasteiger partial charge in [-0.3, -0.25) is 20.2 Å². The van der Waals surface area contributed by atoms with Crippen molar-refractivity contribution in [1.29, 1.82) is 5.41 Å². The minimum atomic E-state index is -0.151. The number of anilines is 2. The number of aromatic nitrogens is 5. The molecule has 5 aromatic rings. The number of nitrogens with zero attached hydrogens (tertiary/aromatic N) is 4. The summed E-state index contributed by atoms with van der Waals surface area (Å²) in [7, 11) is 0. The quantitative estimate of drug-likeness (QED) is 0.262. The second-order valence-electron chi connectivity index (χ2n) is 8.67. The molecule has 0 aliphatic heterocycles. The predicted octanol–water partition coefficient (Wildman–Crippen LogP) is 4.67. The van der Waals surface area contributed by atoms with Crippen LogP contribution in [0.15, 0.2) is 73.4 Å². The Morgan fingerprint density at radius 1 is 1.00 bits per heavy atom. The molecule has 9 heteroatoms. The van der Waals surface area contributed by atoms with E-state index in [0.29, 0.717) is 22.6 Å². The summed E-state index contributed by atoms with van der Waals surface area (Å²) in [6, 6.07) is 13.3. The summed E-state index contributed by atoms with van der Waals surface area (Å²) in [6.45, 7) is 3.65. The molecule has 9 nitrogen and oxygen atoms in total. The molecule has 178 valence electrons. The van der Waals surface area contributed by atoms with Crippen molar-refractivity contribution in [3.63, 3.8) is 0 Å². The van der Waals surface area contributed by atoms with Gasteiger partial charge in [-0.15, -0.1) is 0 Å². The number of rotatable bonds is 6. The number of hydrogen-bond acceptors (Lipinski definition) is 7. The molecule has 0 saturated heterocycles. The van der Waals surface area contributed by atoms with E-state index in [9.17, 15) is 4.79 Å². The van der Waals surface area contributed by atoms with Gasteiger partial charge < -0.3 is 16.0 Å². The van der Waals surface area contributed by atoms with Gasteiger partial charge in [-0.1, -0.05) is 32.0 Å². The average molecular weight is 477 g/mol. The topological polar surface area (TPSA) is 146 Å². The Morgan fingerprint density at radius 2 is 1.81 bits per heavy atom. The lowest BCUT2D eigenvalue weighted by molar-refractivity contribution is -0.118. The fourth-order valence-electron chi connectivity index (χ4n) is 3.82. The molecule has 5 rings (SSSR count). The fraction of sp³-hybridized carbons (Fsp3) is 0.111. The molecule has 0 unspecified atom stereocenters. The van der Waals surface area contributed by atoms with Gasteiger partial charge in [0, 0.05) is 58.5 Å². The van der Waals surface area contributed by atoms with Crippen molar-refractivity contribution in [3.05, 3.63) is 84.8 Å². The van der Waals surface area contributed by atoms with Crippen LogP contribution in [0.4, 0.5) is 11.5 Å². The molecule has 0 fully saturated rings. The van der Waals surface area contributed by atoms with Crippen molar-refractivity contribution in [1.82, 2.24) is 24.9 Å². The van der Waals surface area contributed by atoms with Crippen LogP contribution in [0.2, 0.25) is 0 Å². The zero-order valence-electron chi connectivity index (χ0n) is 19.8. The molecular formula is C27H24N8O. The van der Waals surface area contributed by atoms with Crippen molar-refractivity contribution in [2.24, 2.45) is 5.92 Å². The maximum Gasteiger partial charge on any atom is 0.226 e. The normalized spacial score (nSPS) is 11.1. The highest BCUT2D eigenvalue weighted by Gasteiger charge is 2.17. The Bertz CT molecular complexity index is 1590. The molecule has 0 aliphatic carbocycles. The second-order valence-corrected chi connectivity index (χ2v) is 8.67. The number of H-pyrrole nitrogens is 1. The Kier molecular flexibility index (Phi) is 5.95. The maximum atomic E-state index is 12.1. The summed E-state index contributed by atoms with van der Waals surface area (Å²) in [4.78, 5) is 32.8. The molecule has 0 aliphatic rings. The third-order valence-electron chi connectivity index (χ3n) is 5.77. The molecular weight excluding hydrogens is 452 g/mol. The average Bonchev–Trinajstić information content (AvgIpc) is 3.34. The van der Waals surface area contributed by atoms with Gasteiger partial charge in [0.2, 0.25) is 5.91 Å². The molecule has 36 heavy (non-hydrogen) atoms. The molecule has 0 radical (unpaired) electrons. The lowest BCUT2D eigenvalue weighted by atomic mass is 10.0. The Labute approximate surface area is 207 Å². The number of benzene rings is 1. The summed E-state index contributed by atoms with van der Waals surface area (Å²) in [5.74, 6) is 0.348. The monoisotopic (exact) mass is 476 g/mol. The van der Waals surface area contributed by atoms with E-state index in [-0.39, 0.29) is 23.4 Å². The first-order valence-electron chi connectivity index (χ1n) is 11.4. The van der Waals surface area contributed by atoms with Gasteiger partial charge in [0.1, 0.15) is 11.5 Å². The van der Waals surface area contributed by atoms with E-state index in [4.69, 9.17) is 16.1 Å². The summed E-state index contributed by atoms with van der Waals surface area (Å²) in [5.41, 5.74) is 12.2.